The van der Waals surface area contributed by atoms with Gasteiger partial charge in [0.2, 0.25) is 0 Å². The van der Waals surface area contributed by atoms with Crippen molar-refractivity contribution in [1.82, 2.24) is 9.88 Å². The average Bonchev–Trinajstić information content (AvgIpc) is 3.01. The van der Waals surface area contributed by atoms with Crippen LogP contribution < -0.4 is 5.32 Å². The molecule has 0 atom stereocenters. The van der Waals surface area contributed by atoms with Gasteiger partial charge in [0.1, 0.15) is 0 Å². The van der Waals surface area contributed by atoms with E-state index in [-0.39, 0.29) is 0 Å². The molecule has 112 valence electrons. The van der Waals surface area contributed by atoms with E-state index in [9.17, 15) is 0 Å². The zero-order chi connectivity index (χ0) is 15.2. The van der Waals surface area contributed by atoms with Crippen LogP contribution in [0.15, 0.2) is 72.9 Å². The van der Waals surface area contributed by atoms with Gasteiger partial charge in [0, 0.05) is 24.1 Å². The molecular weight excluding hydrogens is 268 g/mol. The predicted molar refractivity (Wildman–Crippen MR) is 92.4 cm³/mol. The van der Waals surface area contributed by atoms with Crippen LogP contribution in [-0.2, 0) is 13.0 Å². The monoisotopic (exact) mass is 290 g/mol. The van der Waals surface area contributed by atoms with Gasteiger partial charge < -0.3 is 9.88 Å². The van der Waals surface area contributed by atoms with Crippen LogP contribution in [0.2, 0.25) is 0 Å². The zero-order valence-electron chi connectivity index (χ0n) is 13.0. The van der Waals surface area contributed by atoms with Gasteiger partial charge in [-0.25, -0.2) is 0 Å². The quantitative estimate of drug-likeness (QED) is 0.676. The topological polar surface area (TPSA) is 17.0 Å². The molecule has 0 fully saturated rings. The van der Waals surface area contributed by atoms with Gasteiger partial charge >= 0.3 is 0 Å². The number of aryl methyl sites for hydroxylation is 1. The Morgan fingerprint density at radius 2 is 1.77 bits per heavy atom. The van der Waals surface area contributed by atoms with Crippen molar-refractivity contribution in [3.63, 3.8) is 0 Å². The molecule has 1 heterocycles. The minimum atomic E-state index is 0.883. The molecule has 2 aromatic carbocycles. The molecule has 0 aliphatic heterocycles. The fourth-order valence-corrected chi connectivity index (χ4v) is 2.68. The second-order valence-electron chi connectivity index (χ2n) is 5.62. The Bertz CT molecular complexity index is 713. The Morgan fingerprint density at radius 1 is 0.909 bits per heavy atom. The Balaban J connectivity index is 1.59. The average molecular weight is 290 g/mol. The molecule has 0 bridgehead atoms. The van der Waals surface area contributed by atoms with Gasteiger partial charge in [-0.15, -0.1) is 0 Å². The standard InChI is InChI=1S/C20H22N2/c1-17-7-5-10-19(15-17)22-14-6-11-20(22)16-21-13-12-18-8-3-2-4-9-18/h2-11,14-15,21H,12-13,16H2,1H3. The molecule has 0 saturated heterocycles. The van der Waals surface area contributed by atoms with Crippen molar-refractivity contribution in [3.8, 4) is 5.69 Å². The number of hydrogen-bond donors (Lipinski definition) is 1. The van der Waals surface area contributed by atoms with Crippen LogP contribution in [0.5, 0.6) is 0 Å². The molecule has 0 unspecified atom stereocenters. The maximum Gasteiger partial charge on any atom is 0.0455 e. The SMILES string of the molecule is Cc1cccc(-n2cccc2CNCCc2ccccc2)c1. The number of aromatic nitrogens is 1. The summed E-state index contributed by atoms with van der Waals surface area (Å²) in [5.41, 5.74) is 5.18. The van der Waals surface area contributed by atoms with E-state index in [0.717, 1.165) is 19.5 Å². The largest absolute Gasteiger partial charge is 0.320 e. The highest BCUT2D eigenvalue weighted by Crippen LogP contribution is 2.14. The number of hydrogen-bond acceptors (Lipinski definition) is 1. The van der Waals surface area contributed by atoms with Gasteiger partial charge in [-0.3, -0.25) is 0 Å². The first kappa shape index (κ1) is 14.6. The highest BCUT2D eigenvalue weighted by Gasteiger charge is 2.03. The zero-order valence-corrected chi connectivity index (χ0v) is 13.0. The normalized spacial score (nSPS) is 10.8. The van der Waals surface area contributed by atoms with Crippen molar-refractivity contribution >= 4 is 0 Å². The maximum atomic E-state index is 3.54. The van der Waals surface area contributed by atoms with Gasteiger partial charge in [0.25, 0.3) is 0 Å². The number of nitrogens with zero attached hydrogens (tertiary/aromatic N) is 1. The van der Waals surface area contributed by atoms with Crippen molar-refractivity contribution in [3.05, 3.63) is 89.7 Å². The fourth-order valence-electron chi connectivity index (χ4n) is 2.68. The van der Waals surface area contributed by atoms with Gasteiger partial charge in [-0.2, -0.15) is 0 Å². The summed E-state index contributed by atoms with van der Waals surface area (Å²) in [7, 11) is 0. The Labute approximate surface area is 132 Å². The molecule has 0 aliphatic carbocycles. The fraction of sp³-hybridized carbons (Fsp3) is 0.200. The predicted octanol–water partition coefficient (Wildman–Crippen LogP) is 4.12. The van der Waals surface area contributed by atoms with E-state index < -0.39 is 0 Å². The third-order valence-corrected chi connectivity index (χ3v) is 3.85. The molecule has 2 heteroatoms. The first-order valence-electron chi connectivity index (χ1n) is 7.81. The van der Waals surface area contributed by atoms with Crippen LogP contribution in [0.4, 0.5) is 0 Å². The van der Waals surface area contributed by atoms with E-state index in [4.69, 9.17) is 0 Å². The van der Waals surface area contributed by atoms with E-state index in [1.165, 1.54) is 22.5 Å². The first-order valence-corrected chi connectivity index (χ1v) is 7.81. The van der Waals surface area contributed by atoms with Crippen LogP contribution in [-0.4, -0.2) is 11.1 Å². The molecule has 0 aliphatic rings. The molecule has 3 aromatic rings. The summed E-state index contributed by atoms with van der Waals surface area (Å²) in [6, 6.07) is 23.5. The molecule has 0 spiro atoms. The maximum absolute atomic E-state index is 3.54. The van der Waals surface area contributed by atoms with Gasteiger partial charge in [-0.1, -0.05) is 42.5 Å². The minimum absolute atomic E-state index is 0.883. The lowest BCUT2D eigenvalue weighted by atomic mass is 10.1. The van der Waals surface area contributed by atoms with Crippen molar-refractivity contribution in [2.24, 2.45) is 0 Å². The second-order valence-corrected chi connectivity index (χ2v) is 5.62. The molecule has 3 rings (SSSR count). The molecule has 1 aromatic heterocycles. The number of nitrogens with one attached hydrogen (secondary N) is 1. The Kier molecular flexibility index (Phi) is 4.71. The Hall–Kier alpha value is -2.32. The summed E-state index contributed by atoms with van der Waals surface area (Å²) in [5, 5.41) is 3.54. The molecule has 22 heavy (non-hydrogen) atoms. The lowest BCUT2D eigenvalue weighted by molar-refractivity contribution is 0.666. The lowest BCUT2D eigenvalue weighted by Gasteiger charge is -2.11. The lowest BCUT2D eigenvalue weighted by Crippen LogP contribution is -2.18. The van der Waals surface area contributed by atoms with Crippen molar-refractivity contribution < 1.29 is 0 Å². The van der Waals surface area contributed by atoms with E-state index in [1.807, 2.05) is 0 Å². The summed E-state index contributed by atoms with van der Waals surface area (Å²) in [6.07, 6.45) is 3.19. The molecule has 0 amide bonds. The molecule has 2 nitrogen and oxygen atoms in total. The smallest absolute Gasteiger partial charge is 0.0455 e. The molecule has 1 N–H and O–H groups in total. The van der Waals surface area contributed by atoms with Crippen molar-refractivity contribution in [2.45, 2.75) is 19.9 Å². The highest BCUT2D eigenvalue weighted by atomic mass is 15.0. The van der Waals surface area contributed by atoms with Gasteiger partial charge in [0.15, 0.2) is 0 Å². The second kappa shape index (κ2) is 7.10. The number of benzene rings is 2. The highest BCUT2D eigenvalue weighted by molar-refractivity contribution is 5.38. The third kappa shape index (κ3) is 3.66. The van der Waals surface area contributed by atoms with Gasteiger partial charge in [-0.05, 0) is 55.3 Å². The summed E-state index contributed by atoms with van der Waals surface area (Å²) >= 11 is 0. The molecule has 0 saturated carbocycles. The van der Waals surface area contributed by atoms with Crippen molar-refractivity contribution in [2.75, 3.05) is 6.54 Å². The summed E-state index contributed by atoms with van der Waals surface area (Å²) in [6.45, 7) is 4.00. The van der Waals surface area contributed by atoms with Crippen LogP contribution in [0, 0.1) is 6.92 Å². The summed E-state index contributed by atoms with van der Waals surface area (Å²) < 4.78 is 2.25. The van der Waals surface area contributed by atoms with E-state index >= 15 is 0 Å². The van der Waals surface area contributed by atoms with Gasteiger partial charge in [0.05, 0.1) is 0 Å². The van der Waals surface area contributed by atoms with E-state index in [1.54, 1.807) is 0 Å². The summed E-state index contributed by atoms with van der Waals surface area (Å²) in [4.78, 5) is 0. The first-order chi connectivity index (χ1) is 10.8. The van der Waals surface area contributed by atoms with Crippen LogP contribution in [0.25, 0.3) is 5.69 Å². The molecule has 0 radical (unpaired) electrons. The van der Waals surface area contributed by atoms with Crippen molar-refractivity contribution in [1.29, 1.82) is 0 Å². The summed E-state index contributed by atoms with van der Waals surface area (Å²) in [5.74, 6) is 0. The Morgan fingerprint density at radius 3 is 2.59 bits per heavy atom. The number of rotatable bonds is 6. The minimum Gasteiger partial charge on any atom is -0.320 e. The van der Waals surface area contributed by atoms with E-state index in [0.29, 0.717) is 0 Å². The van der Waals surface area contributed by atoms with Crippen LogP contribution >= 0.6 is 0 Å². The van der Waals surface area contributed by atoms with Crippen LogP contribution in [0.1, 0.15) is 16.8 Å². The van der Waals surface area contributed by atoms with E-state index in [2.05, 4.69) is 89.7 Å². The molecular formula is C20H22N2. The third-order valence-electron chi connectivity index (χ3n) is 3.85. The van der Waals surface area contributed by atoms with Crippen LogP contribution in [0.3, 0.4) is 0 Å².